The molecule has 2 N–H and O–H groups in total. The highest BCUT2D eigenvalue weighted by molar-refractivity contribution is 14.1. The minimum absolute atomic E-state index is 0.280. The number of hydrogen-bond donors (Lipinski definition) is 1. The molecule has 0 fully saturated rings. The van der Waals surface area contributed by atoms with E-state index >= 15 is 0 Å². The summed E-state index contributed by atoms with van der Waals surface area (Å²) in [7, 11) is 0. The van der Waals surface area contributed by atoms with E-state index in [1.54, 1.807) is 0 Å². The Bertz CT molecular complexity index is 108. The summed E-state index contributed by atoms with van der Waals surface area (Å²) in [5, 5.41) is 0. The maximum Gasteiger partial charge on any atom is 0.0342 e. The Morgan fingerprint density at radius 3 is 2.09 bits per heavy atom. The quantitative estimate of drug-likeness (QED) is 0.616. The largest absolute Gasteiger partial charge is 0.327 e. The van der Waals surface area contributed by atoms with Crippen LogP contribution in [-0.2, 0) is 0 Å². The van der Waals surface area contributed by atoms with Gasteiger partial charge in [0.05, 0.1) is 0 Å². The van der Waals surface area contributed by atoms with Crippen molar-refractivity contribution in [1.82, 2.24) is 0 Å². The first kappa shape index (κ1) is 11.7. The second-order valence-electron chi connectivity index (χ2n) is 4.00. The van der Waals surface area contributed by atoms with Gasteiger partial charge in [0, 0.05) is 9.46 Å². The predicted octanol–water partition coefficient (Wildman–Crippen LogP) is 2.96. The van der Waals surface area contributed by atoms with E-state index in [1.807, 2.05) is 0 Å². The lowest BCUT2D eigenvalue weighted by molar-refractivity contribution is 0.454. The van der Waals surface area contributed by atoms with E-state index in [2.05, 4.69) is 50.3 Å². The van der Waals surface area contributed by atoms with Crippen molar-refractivity contribution >= 4 is 22.6 Å². The molecular formula is C9H20IN. The number of hydrogen-bond acceptors (Lipinski definition) is 1. The molecule has 0 spiro atoms. The van der Waals surface area contributed by atoms with Crippen LogP contribution in [0.3, 0.4) is 0 Å². The number of alkyl halides is 1. The summed E-state index contributed by atoms with van der Waals surface area (Å²) < 4.78 is 0.280. The third kappa shape index (κ3) is 5.01. The Hall–Kier alpha value is 0.690. The van der Waals surface area contributed by atoms with Gasteiger partial charge in [-0.3, -0.25) is 0 Å². The molecule has 0 aromatic heterocycles. The van der Waals surface area contributed by atoms with Crippen molar-refractivity contribution in [3.8, 4) is 0 Å². The van der Waals surface area contributed by atoms with E-state index in [1.165, 1.54) is 12.8 Å². The molecule has 0 radical (unpaired) electrons. The molecule has 1 nitrogen and oxygen atoms in total. The van der Waals surface area contributed by atoms with Crippen molar-refractivity contribution in [2.45, 2.75) is 50.0 Å². The van der Waals surface area contributed by atoms with Gasteiger partial charge in [0.2, 0.25) is 0 Å². The van der Waals surface area contributed by atoms with Gasteiger partial charge in [-0.05, 0) is 32.6 Å². The van der Waals surface area contributed by atoms with Gasteiger partial charge in [-0.25, -0.2) is 0 Å². The second kappa shape index (κ2) is 4.65. The van der Waals surface area contributed by atoms with E-state index in [0.717, 1.165) is 5.92 Å². The maximum absolute atomic E-state index is 5.85. The summed E-state index contributed by atoms with van der Waals surface area (Å²) in [5.41, 5.74) is 5.85. The first-order valence-corrected chi connectivity index (χ1v) is 5.38. The molecule has 0 aliphatic carbocycles. The van der Waals surface area contributed by atoms with Crippen LogP contribution >= 0.6 is 22.6 Å². The van der Waals surface area contributed by atoms with Gasteiger partial charge < -0.3 is 5.73 Å². The zero-order chi connectivity index (χ0) is 9.07. The van der Waals surface area contributed by atoms with Crippen LogP contribution in [0.4, 0.5) is 0 Å². The molecule has 0 heterocycles. The van der Waals surface area contributed by atoms with Crippen LogP contribution < -0.4 is 5.73 Å². The topological polar surface area (TPSA) is 26.0 Å². The van der Waals surface area contributed by atoms with E-state index in [-0.39, 0.29) is 3.42 Å². The minimum atomic E-state index is 0.280. The van der Waals surface area contributed by atoms with Crippen molar-refractivity contribution in [2.75, 3.05) is 0 Å². The average molecular weight is 269 g/mol. The molecular weight excluding hydrogens is 249 g/mol. The minimum Gasteiger partial charge on any atom is -0.327 e. The normalized spacial score (nSPS) is 19.9. The fourth-order valence-electron chi connectivity index (χ4n) is 0.799. The third-order valence-corrected chi connectivity index (χ3v) is 3.68. The zero-order valence-electron chi connectivity index (χ0n) is 8.02. The standard InChI is InChI=1S/C9H20IN/c1-7(2)5-6-9(4,10)8(3)11/h7-8H,5-6,11H2,1-4H3/t8-,9?/m0/s1. The Labute approximate surface area is 84.3 Å². The number of rotatable bonds is 4. The fourth-order valence-corrected chi connectivity index (χ4v) is 1.11. The Balaban J connectivity index is 3.73. The molecule has 0 aromatic rings. The first-order chi connectivity index (χ1) is 4.86. The lowest BCUT2D eigenvalue weighted by Crippen LogP contribution is -2.37. The number of halogens is 1. The van der Waals surface area contributed by atoms with Crippen LogP contribution in [0.5, 0.6) is 0 Å². The van der Waals surface area contributed by atoms with Crippen molar-refractivity contribution in [3.05, 3.63) is 0 Å². The van der Waals surface area contributed by atoms with Crippen LogP contribution in [0.25, 0.3) is 0 Å². The third-order valence-electron chi connectivity index (χ3n) is 2.16. The highest BCUT2D eigenvalue weighted by Gasteiger charge is 2.24. The summed E-state index contributed by atoms with van der Waals surface area (Å²) in [4.78, 5) is 0. The summed E-state index contributed by atoms with van der Waals surface area (Å²) in [5.74, 6) is 0.794. The molecule has 1 unspecified atom stereocenters. The second-order valence-corrected chi connectivity index (χ2v) is 6.46. The van der Waals surface area contributed by atoms with E-state index in [0.29, 0.717) is 6.04 Å². The van der Waals surface area contributed by atoms with Crippen LogP contribution in [0.15, 0.2) is 0 Å². The van der Waals surface area contributed by atoms with Gasteiger partial charge in [-0.1, -0.05) is 36.4 Å². The molecule has 0 aliphatic rings. The van der Waals surface area contributed by atoms with E-state index < -0.39 is 0 Å². The van der Waals surface area contributed by atoms with Gasteiger partial charge in [-0.2, -0.15) is 0 Å². The lowest BCUT2D eigenvalue weighted by Gasteiger charge is -2.27. The Morgan fingerprint density at radius 2 is 1.82 bits per heavy atom. The molecule has 0 aliphatic heterocycles. The molecule has 0 saturated heterocycles. The molecule has 0 bridgehead atoms. The highest BCUT2D eigenvalue weighted by atomic mass is 127. The number of nitrogens with two attached hydrogens (primary N) is 1. The molecule has 0 saturated carbocycles. The van der Waals surface area contributed by atoms with Crippen molar-refractivity contribution in [3.63, 3.8) is 0 Å². The smallest absolute Gasteiger partial charge is 0.0342 e. The van der Waals surface area contributed by atoms with Crippen LogP contribution in [0.1, 0.15) is 40.5 Å². The molecule has 0 amide bonds. The average Bonchev–Trinajstić information content (AvgIpc) is 1.84. The summed E-state index contributed by atoms with van der Waals surface area (Å²) in [6.07, 6.45) is 2.50. The van der Waals surface area contributed by atoms with Gasteiger partial charge in [-0.15, -0.1) is 0 Å². The molecule has 2 heteroatoms. The predicted molar refractivity (Wildman–Crippen MR) is 60.1 cm³/mol. The fraction of sp³-hybridized carbons (Fsp3) is 1.00. The monoisotopic (exact) mass is 269 g/mol. The Morgan fingerprint density at radius 1 is 1.36 bits per heavy atom. The van der Waals surface area contributed by atoms with Crippen LogP contribution in [-0.4, -0.2) is 9.46 Å². The molecule has 0 rings (SSSR count). The first-order valence-electron chi connectivity index (χ1n) is 4.30. The lowest BCUT2D eigenvalue weighted by atomic mass is 9.94. The van der Waals surface area contributed by atoms with Crippen molar-refractivity contribution in [1.29, 1.82) is 0 Å². The van der Waals surface area contributed by atoms with Gasteiger partial charge >= 0.3 is 0 Å². The van der Waals surface area contributed by atoms with Crippen LogP contribution in [0.2, 0.25) is 0 Å². The Kier molecular flexibility index (Phi) is 4.94. The molecule has 0 aromatic carbocycles. The van der Waals surface area contributed by atoms with E-state index in [4.69, 9.17) is 5.73 Å². The highest BCUT2D eigenvalue weighted by Crippen LogP contribution is 2.28. The molecule has 68 valence electrons. The SMILES string of the molecule is CC(C)CCC(C)(I)[C@H](C)N. The van der Waals surface area contributed by atoms with Gasteiger partial charge in [0.1, 0.15) is 0 Å². The molecule has 2 atom stereocenters. The summed E-state index contributed by atoms with van der Waals surface area (Å²) in [6.45, 7) is 8.84. The molecule has 11 heavy (non-hydrogen) atoms. The van der Waals surface area contributed by atoms with Crippen molar-refractivity contribution in [2.24, 2.45) is 11.7 Å². The van der Waals surface area contributed by atoms with E-state index in [9.17, 15) is 0 Å². The van der Waals surface area contributed by atoms with Crippen molar-refractivity contribution < 1.29 is 0 Å². The van der Waals surface area contributed by atoms with Crippen LogP contribution in [0, 0.1) is 5.92 Å². The van der Waals surface area contributed by atoms with Gasteiger partial charge in [0.15, 0.2) is 0 Å². The zero-order valence-corrected chi connectivity index (χ0v) is 10.2. The summed E-state index contributed by atoms with van der Waals surface area (Å²) in [6, 6.07) is 0.293. The van der Waals surface area contributed by atoms with Gasteiger partial charge in [0.25, 0.3) is 0 Å². The summed E-state index contributed by atoms with van der Waals surface area (Å²) >= 11 is 2.47. The maximum atomic E-state index is 5.85.